The predicted molar refractivity (Wildman–Crippen MR) is 74.9 cm³/mol. The SMILES string of the molecule is O=C(Nc1ccc2c(c1)OCCCO2)C1CSCN1. The molecule has 0 saturated carbocycles. The minimum Gasteiger partial charge on any atom is -0.490 e. The molecule has 1 aromatic carbocycles. The fraction of sp³-hybridized carbons (Fsp3) is 0.462. The molecule has 1 atom stereocenters. The molecule has 102 valence electrons. The highest BCUT2D eigenvalue weighted by atomic mass is 32.2. The molecule has 0 radical (unpaired) electrons. The fourth-order valence-corrected chi connectivity index (χ4v) is 2.98. The van der Waals surface area contributed by atoms with Crippen molar-refractivity contribution < 1.29 is 14.3 Å². The Kier molecular flexibility index (Phi) is 3.79. The van der Waals surface area contributed by atoms with Gasteiger partial charge >= 0.3 is 0 Å². The highest BCUT2D eigenvalue weighted by Crippen LogP contribution is 2.32. The van der Waals surface area contributed by atoms with Crippen molar-refractivity contribution in [2.45, 2.75) is 12.5 Å². The molecule has 2 aliphatic heterocycles. The zero-order valence-electron chi connectivity index (χ0n) is 10.5. The molecule has 0 bridgehead atoms. The Morgan fingerprint density at radius 1 is 1.32 bits per heavy atom. The van der Waals surface area contributed by atoms with Crippen LogP contribution in [-0.4, -0.2) is 36.8 Å². The second-order valence-corrected chi connectivity index (χ2v) is 5.50. The maximum atomic E-state index is 12.0. The minimum absolute atomic E-state index is 0.000472. The molecular formula is C13H16N2O3S. The number of nitrogens with one attached hydrogen (secondary N) is 2. The minimum atomic E-state index is -0.110. The van der Waals surface area contributed by atoms with Crippen molar-refractivity contribution in [1.82, 2.24) is 5.32 Å². The van der Waals surface area contributed by atoms with Crippen molar-refractivity contribution >= 4 is 23.4 Å². The van der Waals surface area contributed by atoms with E-state index in [-0.39, 0.29) is 11.9 Å². The summed E-state index contributed by atoms with van der Waals surface area (Å²) in [5.41, 5.74) is 0.743. The summed E-state index contributed by atoms with van der Waals surface area (Å²) in [6.45, 7) is 1.31. The van der Waals surface area contributed by atoms with Gasteiger partial charge in [0.15, 0.2) is 11.5 Å². The van der Waals surface area contributed by atoms with E-state index in [9.17, 15) is 4.79 Å². The maximum Gasteiger partial charge on any atom is 0.242 e. The number of ether oxygens (including phenoxy) is 2. The van der Waals surface area contributed by atoms with Crippen LogP contribution in [0, 0.1) is 0 Å². The van der Waals surface area contributed by atoms with E-state index in [1.807, 2.05) is 18.2 Å². The van der Waals surface area contributed by atoms with E-state index in [4.69, 9.17) is 9.47 Å². The first-order chi connectivity index (χ1) is 9.33. The monoisotopic (exact) mass is 280 g/mol. The highest BCUT2D eigenvalue weighted by Gasteiger charge is 2.22. The van der Waals surface area contributed by atoms with Gasteiger partial charge in [0.1, 0.15) is 0 Å². The third kappa shape index (κ3) is 2.96. The largest absolute Gasteiger partial charge is 0.490 e. The molecule has 1 aromatic rings. The summed E-state index contributed by atoms with van der Waals surface area (Å²) < 4.78 is 11.2. The van der Waals surface area contributed by atoms with E-state index >= 15 is 0 Å². The molecule has 1 saturated heterocycles. The molecule has 6 heteroatoms. The van der Waals surface area contributed by atoms with Crippen molar-refractivity contribution in [3.8, 4) is 11.5 Å². The number of hydrogen-bond acceptors (Lipinski definition) is 5. The van der Waals surface area contributed by atoms with Gasteiger partial charge < -0.3 is 14.8 Å². The number of amides is 1. The molecule has 5 nitrogen and oxygen atoms in total. The predicted octanol–water partition coefficient (Wildman–Crippen LogP) is 1.45. The van der Waals surface area contributed by atoms with Crippen LogP contribution in [0.3, 0.4) is 0 Å². The third-order valence-electron chi connectivity index (χ3n) is 3.05. The summed E-state index contributed by atoms with van der Waals surface area (Å²) in [6, 6.07) is 5.39. The van der Waals surface area contributed by atoms with Crippen LogP contribution in [0.4, 0.5) is 5.69 Å². The van der Waals surface area contributed by atoms with Crippen LogP contribution in [0.25, 0.3) is 0 Å². The molecule has 0 aliphatic carbocycles. The summed E-state index contributed by atoms with van der Waals surface area (Å²) in [5.74, 6) is 3.09. The number of anilines is 1. The number of benzene rings is 1. The quantitative estimate of drug-likeness (QED) is 0.858. The molecule has 0 spiro atoms. The molecule has 3 rings (SSSR count). The first kappa shape index (κ1) is 12.6. The maximum absolute atomic E-state index is 12.0. The van der Waals surface area contributed by atoms with Crippen molar-refractivity contribution in [1.29, 1.82) is 0 Å². The lowest BCUT2D eigenvalue weighted by molar-refractivity contribution is -0.117. The van der Waals surface area contributed by atoms with Gasteiger partial charge in [-0.2, -0.15) is 0 Å². The average Bonchev–Trinajstić information content (AvgIpc) is 2.85. The van der Waals surface area contributed by atoms with Crippen LogP contribution in [0.15, 0.2) is 18.2 Å². The molecule has 19 heavy (non-hydrogen) atoms. The summed E-state index contributed by atoms with van der Waals surface area (Å²) in [6.07, 6.45) is 0.875. The summed E-state index contributed by atoms with van der Waals surface area (Å²) >= 11 is 1.73. The van der Waals surface area contributed by atoms with Crippen molar-refractivity contribution in [2.75, 3.05) is 30.2 Å². The van der Waals surface area contributed by atoms with Crippen LogP contribution < -0.4 is 20.1 Å². The summed E-state index contributed by atoms with van der Waals surface area (Å²) in [5, 5.41) is 6.05. The molecule has 1 unspecified atom stereocenters. The van der Waals surface area contributed by atoms with Crippen LogP contribution in [0.2, 0.25) is 0 Å². The first-order valence-corrected chi connectivity index (χ1v) is 7.50. The number of fused-ring (bicyclic) bond motifs is 1. The van der Waals surface area contributed by atoms with Gasteiger partial charge in [-0.05, 0) is 12.1 Å². The van der Waals surface area contributed by atoms with Crippen LogP contribution in [0.5, 0.6) is 11.5 Å². The Balaban J connectivity index is 1.71. The van der Waals surface area contributed by atoms with Crippen molar-refractivity contribution in [2.24, 2.45) is 0 Å². The number of rotatable bonds is 2. The van der Waals surface area contributed by atoms with Gasteiger partial charge in [0.05, 0.1) is 19.3 Å². The standard InChI is InChI=1S/C13H16N2O3S/c16-13(10-7-19-8-14-10)15-9-2-3-11-12(6-9)18-5-1-4-17-11/h2-3,6,10,14H,1,4-5,7-8H2,(H,15,16). The lowest BCUT2D eigenvalue weighted by Gasteiger charge is -2.13. The van der Waals surface area contributed by atoms with Gasteiger partial charge in [-0.1, -0.05) is 0 Å². The lowest BCUT2D eigenvalue weighted by Crippen LogP contribution is -2.37. The molecule has 1 amide bonds. The van der Waals surface area contributed by atoms with Gasteiger partial charge in [0.2, 0.25) is 5.91 Å². The number of hydrogen-bond donors (Lipinski definition) is 2. The number of thioether (sulfide) groups is 1. The average molecular weight is 280 g/mol. The van der Waals surface area contributed by atoms with E-state index < -0.39 is 0 Å². The Hall–Kier alpha value is -1.40. The van der Waals surface area contributed by atoms with Gasteiger partial charge in [0.25, 0.3) is 0 Å². The van der Waals surface area contributed by atoms with Gasteiger partial charge in [-0.25, -0.2) is 0 Å². The first-order valence-electron chi connectivity index (χ1n) is 6.34. The van der Waals surface area contributed by atoms with Gasteiger partial charge in [-0.3, -0.25) is 10.1 Å². The summed E-state index contributed by atoms with van der Waals surface area (Å²) in [7, 11) is 0. The zero-order valence-corrected chi connectivity index (χ0v) is 11.3. The third-order valence-corrected chi connectivity index (χ3v) is 3.99. The summed E-state index contributed by atoms with van der Waals surface area (Å²) in [4.78, 5) is 12.0. The highest BCUT2D eigenvalue weighted by molar-refractivity contribution is 7.99. The van der Waals surface area contributed by atoms with Crippen molar-refractivity contribution in [3.63, 3.8) is 0 Å². The van der Waals surface area contributed by atoms with Crippen LogP contribution in [-0.2, 0) is 4.79 Å². The molecule has 2 heterocycles. The van der Waals surface area contributed by atoms with E-state index in [2.05, 4.69) is 10.6 Å². The smallest absolute Gasteiger partial charge is 0.242 e. The zero-order chi connectivity index (χ0) is 13.1. The van der Waals surface area contributed by atoms with E-state index in [1.165, 1.54) is 0 Å². The Labute approximate surface area is 116 Å². The normalized spacial score (nSPS) is 21.8. The molecule has 0 aromatic heterocycles. The van der Waals surface area contributed by atoms with Gasteiger partial charge in [-0.15, -0.1) is 11.8 Å². The van der Waals surface area contributed by atoms with Crippen molar-refractivity contribution in [3.05, 3.63) is 18.2 Å². The Morgan fingerprint density at radius 3 is 2.95 bits per heavy atom. The van der Waals surface area contributed by atoms with Gasteiger partial charge in [0, 0.05) is 29.8 Å². The molecule has 2 N–H and O–H groups in total. The Morgan fingerprint density at radius 2 is 2.16 bits per heavy atom. The van der Waals surface area contributed by atoms with Crippen LogP contribution in [0.1, 0.15) is 6.42 Å². The number of carbonyl (C=O) groups is 1. The second-order valence-electron chi connectivity index (χ2n) is 4.47. The fourth-order valence-electron chi connectivity index (χ4n) is 2.03. The molecular weight excluding hydrogens is 264 g/mol. The van der Waals surface area contributed by atoms with E-state index in [1.54, 1.807) is 11.8 Å². The molecule has 1 fully saturated rings. The second kappa shape index (κ2) is 5.71. The number of carbonyl (C=O) groups excluding carboxylic acids is 1. The van der Waals surface area contributed by atoms with E-state index in [0.717, 1.165) is 29.5 Å². The topological polar surface area (TPSA) is 59.6 Å². The van der Waals surface area contributed by atoms with E-state index in [0.29, 0.717) is 19.0 Å². The lowest BCUT2D eigenvalue weighted by atomic mass is 10.2. The molecule has 2 aliphatic rings. The van der Waals surface area contributed by atoms with Crippen LogP contribution >= 0.6 is 11.8 Å². The Bertz CT molecular complexity index is 475.